The van der Waals surface area contributed by atoms with Gasteiger partial charge in [-0.2, -0.15) is 0 Å². The van der Waals surface area contributed by atoms with E-state index >= 15 is 0 Å². The molecular weight excluding hydrogens is 618 g/mol. The summed E-state index contributed by atoms with van der Waals surface area (Å²) in [4.78, 5) is 49.3. The third-order valence-electron chi connectivity index (χ3n) is 7.83. The van der Waals surface area contributed by atoms with E-state index in [-0.39, 0.29) is 18.9 Å². The second-order valence-electron chi connectivity index (χ2n) is 11.0. The Morgan fingerprint density at radius 1 is 0.830 bits per heavy atom. The zero-order valence-corrected chi connectivity index (χ0v) is 26.2. The van der Waals surface area contributed by atoms with Gasteiger partial charge in [0.15, 0.2) is 6.61 Å². The van der Waals surface area contributed by atoms with Crippen molar-refractivity contribution >= 4 is 35.5 Å². The largest absolute Gasteiger partial charge is 0.484 e. The minimum absolute atomic E-state index is 0.110. The molecule has 242 valence electrons. The summed E-state index contributed by atoms with van der Waals surface area (Å²) in [5.41, 5.74) is 2.41. The summed E-state index contributed by atoms with van der Waals surface area (Å²) < 4.78 is 5.64. The summed E-state index contributed by atoms with van der Waals surface area (Å²) in [6.07, 6.45) is -0.622. The first kappa shape index (κ1) is 33.2. The van der Waals surface area contributed by atoms with Crippen LogP contribution in [0.25, 0.3) is 0 Å². The van der Waals surface area contributed by atoms with Crippen LogP contribution in [0.15, 0.2) is 115 Å². The second-order valence-corrected chi connectivity index (χ2v) is 12.2. The van der Waals surface area contributed by atoms with Crippen LogP contribution in [0.3, 0.4) is 0 Å². The number of carboxylic acids is 1. The van der Waals surface area contributed by atoms with Crippen molar-refractivity contribution in [2.75, 3.05) is 18.9 Å². The highest BCUT2D eigenvalue weighted by Gasteiger charge is 2.56. The molecule has 5 N–H and O–H groups in total. The molecule has 0 spiro atoms. The topological polar surface area (TPSA) is 154 Å². The van der Waals surface area contributed by atoms with E-state index in [1.165, 1.54) is 11.8 Å². The van der Waals surface area contributed by atoms with Gasteiger partial charge in [0.1, 0.15) is 22.6 Å². The summed E-state index contributed by atoms with van der Waals surface area (Å²) in [5, 5.41) is 27.7. The highest BCUT2D eigenvalue weighted by atomic mass is 32.2. The van der Waals surface area contributed by atoms with Crippen LogP contribution in [0.1, 0.15) is 28.4 Å². The van der Waals surface area contributed by atoms with E-state index in [0.29, 0.717) is 11.5 Å². The van der Waals surface area contributed by atoms with Crippen molar-refractivity contribution in [3.8, 4) is 5.75 Å². The number of nitrogens with one attached hydrogen (secondary N) is 3. The summed E-state index contributed by atoms with van der Waals surface area (Å²) in [5.74, 6) is -1.77. The number of hydrogen-bond donors (Lipinski definition) is 5. The van der Waals surface area contributed by atoms with Crippen LogP contribution in [0.4, 0.5) is 0 Å². The number of rotatable bonds is 15. The first-order valence-corrected chi connectivity index (χ1v) is 16.1. The van der Waals surface area contributed by atoms with Crippen molar-refractivity contribution in [2.45, 2.75) is 29.4 Å². The van der Waals surface area contributed by atoms with Crippen molar-refractivity contribution in [1.82, 2.24) is 16.0 Å². The number of ether oxygens (including phenoxy) is 1. The molecule has 0 saturated carbocycles. The number of carbonyl (C=O) groups is 4. The molecule has 1 heterocycles. The number of amides is 3. The first-order chi connectivity index (χ1) is 22.8. The number of aliphatic hydroxyl groups excluding tert-OH is 1. The smallest absolute Gasteiger partial charge is 0.326 e. The summed E-state index contributed by atoms with van der Waals surface area (Å²) in [6.45, 7) is -0.771. The van der Waals surface area contributed by atoms with Crippen LogP contribution >= 0.6 is 11.8 Å². The molecule has 10 nitrogen and oxygen atoms in total. The molecular formula is C36H35N3O7S. The van der Waals surface area contributed by atoms with Gasteiger partial charge in [-0.15, -0.1) is 11.8 Å². The van der Waals surface area contributed by atoms with E-state index in [0.717, 1.165) is 22.3 Å². The lowest BCUT2D eigenvalue weighted by Gasteiger charge is -2.50. The SMILES string of the molecule is O=C(COc1ccc([C@@]2(c3ccccc3)NC(=O)[C@@H]2SCC(O)c2ccccc2)cc1)NCC(=O)N[C@H](Cc1ccccc1)C(=O)O. The van der Waals surface area contributed by atoms with E-state index in [9.17, 15) is 29.4 Å². The fraction of sp³-hybridized carbons (Fsp3) is 0.222. The minimum Gasteiger partial charge on any atom is -0.484 e. The molecule has 4 aromatic carbocycles. The van der Waals surface area contributed by atoms with Crippen molar-refractivity contribution in [3.63, 3.8) is 0 Å². The van der Waals surface area contributed by atoms with Gasteiger partial charge in [-0.25, -0.2) is 4.79 Å². The quantitative estimate of drug-likeness (QED) is 0.123. The third kappa shape index (κ3) is 8.18. The van der Waals surface area contributed by atoms with E-state index in [4.69, 9.17) is 4.74 Å². The van der Waals surface area contributed by atoms with Gasteiger partial charge in [0, 0.05) is 12.2 Å². The molecule has 1 aliphatic rings. The van der Waals surface area contributed by atoms with Gasteiger partial charge in [0.25, 0.3) is 5.91 Å². The molecule has 1 fully saturated rings. The molecule has 0 bridgehead atoms. The molecule has 1 aliphatic heterocycles. The zero-order chi connectivity index (χ0) is 33.2. The third-order valence-corrected chi connectivity index (χ3v) is 9.24. The molecule has 4 atom stereocenters. The standard InChI is InChI=1S/C36H35N3O7S/c40-30(25-12-6-2-7-13-25)23-47-33-34(43)39-36(33,26-14-8-3-9-15-26)27-16-18-28(19-17-27)46-22-32(42)37-21-31(41)38-29(35(44)45)20-24-10-4-1-5-11-24/h1-19,29-30,33,40H,20-23H2,(H,37,42)(H,38,41)(H,39,43)(H,44,45)/t29-,30?,33+,36-/m1/s1. The maximum Gasteiger partial charge on any atom is 0.326 e. The molecule has 5 rings (SSSR count). The van der Waals surface area contributed by atoms with Gasteiger partial charge in [-0.05, 0) is 34.4 Å². The molecule has 47 heavy (non-hydrogen) atoms. The maximum atomic E-state index is 12.9. The van der Waals surface area contributed by atoms with Crippen molar-refractivity contribution in [2.24, 2.45) is 0 Å². The fourth-order valence-electron chi connectivity index (χ4n) is 5.41. The Morgan fingerprint density at radius 2 is 1.43 bits per heavy atom. The summed E-state index contributed by atoms with van der Waals surface area (Å²) in [6, 6.07) is 33.8. The van der Waals surface area contributed by atoms with Gasteiger partial charge >= 0.3 is 5.97 Å². The lowest BCUT2D eigenvalue weighted by Crippen LogP contribution is -2.69. The van der Waals surface area contributed by atoms with Crippen LogP contribution in [0.5, 0.6) is 5.75 Å². The number of thioether (sulfide) groups is 1. The van der Waals surface area contributed by atoms with Crippen LogP contribution < -0.4 is 20.7 Å². The minimum atomic E-state index is -1.18. The number of benzene rings is 4. The van der Waals surface area contributed by atoms with Crippen molar-refractivity contribution < 1.29 is 34.1 Å². The van der Waals surface area contributed by atoms with E-state index in [1.807, 2.05) is 78.9 Å². The number of hydrogen-bond acceptors (Lipinski definition) is 7. The first-order valence-electron chi connectivity index (χ1n) is 15.0. The Balaban J connectivity index is 1.17. The maximum absolute atomic E-state index is 12.9. The molecule has 0 aliphatic carbocycles. The van der Waals surface area contributed by atoms with Gasteiger partial charge in [0.2, 0.25) is 11.8 Å². The van der Waals surface area contributed by atoms with Gasteiger partial charge < -0.3 is 30.9 Å². The average molecular weight is 654 g/mol. The predicted octanol–water partition coefficient (Wildman–Crippen LogP) is 3.20. The number of β-lactam (4-membered cyclic amide) rings is 1. The predicted molar refractivity (Wildman–Crippen MR) is 178 cm³/mol. The highest BCUT2D eigenvalue weighted by Crippen LogP contribution is 2.46. The van der Waals surface area contributed by atoms with Crippen LogP contribution in [0.2, 0.25) is 0 Å². The van der Waals surface area contributed by atoms with Gasteiger partial charge in [-0.3, -0.25) is 14.4 Å². The Hall–Kier alpha value is -5.13. The monoisotopic (exact) mass is 653 g/mol. The van der Waals surface area contributed by atoms with Crippen LogP contribution in [0, 0.1) is 0 Å². The Kier molecular flexibility index (Phi) is 10.9. The number of carboxylic acid groups (broad SMARTS) is 1. The summed E-state index contributed by atoms with van der Waals surface area (Å²) >= 11 is 1.39. The Bertz CT molecular complexity index is 1670. The second kappa shape index (κ2) is 15.4. The molecule has 0 radical (unpaired) electrons. The lowest BCUT2D eigenvalue weighted by atomic mass is 9.74. The van der Waals surface area contributed by atoms with Crippen LogP contribution in [-0.2, 0) is 31.1 Å². The molecule has 11 heteroatoms. The molecule has 3 amide bonds. The number of carbonyl (C=O) groups excluding carboxylic acids is 3. The van der Waals surface area contributed by atoms with E-state index in [1.54, 1.807) is 36.4 Å². The Morgan fingerprint density at radius 3 is 2.04 bits per heavy atom. The molecule has 1 unspecified atom stereocenters. The lowest BCUT2D eigenvalue weighted by molar-refractivity contribution is -0.141. The number of aliphatic hydroxyl groups is 1. The van der Waals surface area contributed by atoms with Crippen LogP contribution in [-0.4, -0.2) is 64.1 Å². The van der Waals surface area contributed by atoms with Gasteiger partial charge in [-0.1, -0.05) is 103 Å². The van der Waals surface area contributed by atoms with E-state index < -0.39 is 47.3 Å². The average Bonchev–Trinajstić information content (AvgIpc) is 3.09. The fourth-order valence-corrected chi connectivity index (χ4v) is 6.77. The summed E-state index contributed by atoms with van der Waals surface area (Å²) in [7, 11) is 0. The van der Waals surface area contributed by atoms with Gasteiger partial charge in [0.05, 0.1) is 12.6 Å². The van der Waals surface area contributed by atoms with E-state index in [2.05, 4.69) is 16.0 Å². The molecule has 4 aromatic rings. The van der Waals surface area contributed by atoms with Crippen molar-refractivity contribution in [1.29, 1.82) is 0 Å². The normalized spacial score (nSPS) is 18.1. The zero-order valence-electron chi connectivity index (χ0n) is 25.4. The van der Waals surface area contributed by atoms with Crippen molar-refractivity contribution in [3.05, 3.63) is 138 Å². The Labute approximate surface area is 276 Å². The molecule has 1 saturated heterocycles. The highest BCUT2D eigenvalue weighted by molar-refractivity contribution is 8.00. The number of aliphatic carboxylic acids is 1. The molecule has 0 aromatic heterocycles.